The van der Waals surface area contributed by atoms with Crippen LogP contribution in [-0.2, 0) is 9.47 Å². The third-order valence-corrected chi connectivity index (χ3v) is 6.38. The number of nitrogens with one attached hydrogen (secondary N) is 2. The van der Waals surface area contributed by atoms with Crippen LogP contribution in [0, 0.1) is 5.92 Å². The van der Waals surface area contributed by atoms with Crippen molar-refractivity contribution in [1.82, 2.24) is 15.5 Å². The third kappa shape index (κ3) is 7.56. The molecule has 0 aromatic heterocycles. The van der Waals surface area contributed by atoms with Crippen LogP contribution in [0.5, 0.6) is 0 Å². The van der Waals surface area contributed by atoms with Crippen molar-refractivity contribution in [2.45, 2.75) is 51.1 Å². The van der Waals surface area contributed by atoms with Gasteiger partial charge in [0.2, 0.25) is 0 Å². The van der Waals surface area contributed by atoms with E-state index < -0.39 is 0 Å². The third-order valence-electron chi connectivity index (χ3n) is 6.38. The van der Waals surface area contributed by atoms with Gasteiger partial charge in [-0.1, -0.05) is 30.3 Å². The monoisotopic (exact) mass is 416 g/mol. The Bertz CT molecular complexity index is 611. The summed E-state index contributed by atoms with van der Waals surface area (Å²) in [5.74, 6) is 1.59. The normalized spacial score (nSPS) is 20.8. The van der Waals surface area contributed by atoms with Gasteiger partial charge in [-0.3, -0.25) is 9.89 Å². The Morgan fingerprint density at radius 2 is 1.90 bits per heavy atom. The van der Waals surface area contributed by atoms with Crippen LogP contribution in [0.2, 0.25) is 0 Å². The Labute approximate surface area is 182 Å². The maximum absolute atomic E-state index is 5.85. The first-order valence-corrected chi connectivity index (χ1v) is 11.7. The van der Waals surface area contributed by atoms with E-state index in [1.54, 1.807) is 0 Å². The van der Waals surface area contributed by atoms with E-state index in [2.05, 4.69) is 57.8 Å². The zero-order valence-electron chi connectivity index (χ0n) is 18.8. The van der Waals surface area contributed by atoms with Crippen molar-refractivity contribution in [3.8, 4) is 0 Å². The second-order valence-corrected chi connectivity index (χ2v) is 8.52. The molecule has 168 valence electrons. The lowest BCUT2D eigenvalue weighted by atomic mass is 10.0. The number of likely N-dealkylation sites (tertiary alicyclic amines) is 1. The predicted molar refractivity (Wildman–Crippen MR) is 123 cm³/mol. The summed E-state index contributed by atoms with van der Waals surface area (Å²) in [6.07, 6.45) is 5.56. The zero-order chi connectivity index (χ0) is 21.0. The van der Waals surface area contributed by atoms with Crippen molar-refractivity contribution in [1.29, 1.82) is 0 Å². The molecule has 1 atom stereocenters. The Kier molecular flexibility index (Phi) is 9.93. The molecule has 1 aromatic rings. The molecule has 2 heterocycles. The second kappa shape index (κ2) is 12.9. The lowest BCUT2D eigenvalue weighted by Gasteiger charge is -2.37. The molecule has 2 N–H and O–H groups in total. The topological polar surface area (TPSA) is 58.1 Å². The van der Waals surface area contributed by atoms with Gasteiger partial charge in [0, 0.05) is 65.2 Å². The van der Waals surface area contributed by atoms with Crippen molar-refractivity contribution < 1.29 is 9.47 Å². The highest BCUT2D eigenvalue weighted by atomic mass is 16.5. The lowest BCUT2D eigenvalue weighted by Crippen LogP contribution is -2.49. The first kappa shape index (κ1) is 23.0. The molecule has 2 fully saturated rings. The van der Waals surface area contributed by atoms with Crippen molar-refractivity contribution >= 4 is 5.96 Å². The fourth-order valence-electron chi connectivity index (χ4n) is 4.31. The fourth-order valence-corrected chi connectivity index (χ4v) is 4.31. The average molecular weight is 417 g/mol. The largest absolute Gasteiger partial charge is 0.381 e. The highest BCUT2D eigenvalue weighted by molar-refractivity contribution is 5.79. The number of piperidine rings is 1. The highest BCUT2D eigenvalue weighted by Crippen LogP contribution is 2.24. The van der Waals surface area contributed by atoms with Crippen LogP contribution >= 0.6 is 0 Å². The average Bonchev–Trinajstić information content (AvgIpc) is 2.81. The Morgan fingerprint density at radius 3 is 2.60 bits per heavy atom. The number of rotatable bonds is 9. The van der Waals surface area contributed by atoms with Gasteiger partial charge >= 0.3 is 0 Å². The van der Waals surface area contributed by atoms with Crippen LogP contribution in [0.15, 0.2) is 35.3 Å². The zero-order valence-corrected chi connectivity index (χ0v) is 18.8. The number of aliphatic imine (C=N–C) groups is 1. The summed E-state index contributed by atoms with van der Waals surface area (Å²) in [5.41, 5.74) is 1.40. The van der Waals surface area contributed by atoms with Gasteiger partial charge in [0.15, 0.2) is 5.96 Å². The van der Waals surface area contributed by atoms with E-state index >= 15 is 0 Å². The van der Waals surface area contributed by atoms with Gasteiger partial charge in [-0.15, -0.1) is 0 Å². The maximum atomic E-state index is 5.85. The van der Waals surface area contributed by atoms with Crippen molar-refractivity contribution in [3.63, 3.8) is 0 Å². The number of guanidine groups is 1. The van der Waals surface area contributed by atoms with E-state index in [9.17, 15) is 0 Å². The molecule has 2 saturated heterocycles. The predicted octanol–water partition coefficient (Wildman–Crippen LogP) is 3.21. The Hall–Kier alpha value is -1.63. The van der Waals surface area contributed by atoms with E-state index in [0.717, 1.165) is 84.1 Å². The summed E-state index contributed by atoms with van der Waals surface area (Å²) in [4.78, 5) is 6.98. The number of nitrogens with zero attached hydrogens (tertiary/aromatic N) is 2. The quantitative estimate of drug-likeness (QED) is 0.368. The molecule has 3 rings (SSSR count). The van der Waals surface area contributed by atoms with E-state index in [1.165, 1.54) is 5.56 Å². The van der Waals surface area contributed by atoms with Gasteiger partial charge in [-0.05, 0) is 50.5 Å². The van der Waals surface area contributed by atoms with Crippen LogP contribution in [0.4, 0.5) is 0 Å². The molecular weight excluding hydrogens is 376 g/mol. The molecule has 0 radical (unpaired) electrons. The molecule has 0 aliphatic carbocycles. The molecule has 30 heavy (non-hydrogen) atoms. The molecule has 0 saturated carbocycles. The molecule has 0 spiro atoms. The Morgan fingerprint density at radius 1 is 1.17 bits per heavy atom. The van der Waals surface area contributed by atoms with Gasteiger partial charge in [0.1, 0.15) is 0 Å². The molecule has 0 amide bonds. The van der Waals surface area contributed by atoms with E-state index in [0.29, 0.717) is 18.0 Å². The Balaban J connectivity index is 1.27. The molecule has 0 bridgehead atoms. The first-order chi connectivity index (χ1) is 14.8. The SMILES string of the molecule is CN=C(NCCCOCC1CCOCC1)NC1CCN(C(C)c2ccccc2)CC1. The van der Waals surface area contributed by atoms with Crippen LogP contribution in [0.3, 0.4) is 0 Å². The van der Waals surface area contributed by atoms with Crippen molar-refractivity contribution in [3.05, 3.63) is 35.9 Å². The molecule has 6 heteroatoms. The summed E-state index contributed by atoms with van der Waals surface area (Å²) in [7, 11) is 1.85. The van der Waals surface area contributed by atoms with Gasteiger partial charge < -0.3 is 20.1 Å². The standard InChI is InChI=1S/C24H40N4O2/c1-20(22-7-4-3-5-8-22)28-14-9-23(10-15-28)27-24(25-2)26-13-6-16-30-19-21-11-17-29-18-12-21/h3-5,7-8,20-21,23H,6,9-19H2,1-2H3,(H2,25,26,27). The number of benzene rings is 1. The van der Waals surface area contributed by atoms with Crippen LogP contribution < -0.4 is 10.6 Å². The summed E-state index contributed by atoms with van der Waals surface area (Å²) >= 11 is 0. The van der Waals surface area contributed by atoms with E-state index in [4.69, 9.17) is 9.47 Å². The van der Waals surface area contributed by atoms with Gasteiger partial charge in [-0.25, -0.2) is 0 Å². The summed E-state index contributed by atoms with van der Waals surface area (Å²) in [6, 6.07) is 11.8. The van der Waals surface area contributed by atoms with Crippen LogP contribution in [0.25, 0.3) is 0 Å². The maximum Gasteiger partial charge on any atom is 0.191 e. The lowest BCUT2D eigenvalue weighted by molar-refractivity contribution is 0.0203. The van der Waals surface area contributed by atoms with Gasteiger partial charge in [0.05, 0.1) is 0 Å². The minimum atomic E-state index is 0.478. The summed E-state index contributed by atoms with van der Waals surface area (Å²) in [5, 5.41) is 7.05. The number of hydrogen-bond acceptors (Lipinski definition) is 4. The minimum absolute atomic E-state index is 0.478. The van der Waals surface area contributed by atoms with Crippen LogP contribution in [-0.4, -0.2) is 70.0 Å². The molecule has 2 aliphatic heterocycles. The van der Waals surface area contributed by atoms with Crippen molar-refractivity contribution in [2.75, 3.05) is 53.1 Å². The van der Waals surface area contributed by atoms with Crippen molar-refractivity contribution in [2.24, 2.45) is 10.9 Å². The molecule has 2 aliphatic rings. The van der Waals surface area contributed by atoms with E-state index in [1.807, 2.05) is 7.05 Å². The van der Waals surface area contributed by atoms with Crippen LogP contribution in [0.1, 0.15) is 50.6 Å². The molecule has 1 unspecified atom stereocenters. The van der Waals surface area contributed by atoms with E-state index in [-0.39, 0.29) is 0 Å². The highest BCUT2D eigenvalue weighted by Gasteiger charge is 2.24. The second-order valence-electron chi connectivity index (χ2n) is 8.52. The van der Waals surface area contributed by atoms with Gasteiger partial charge in [0.25, 0.3) is 0 Å². The number of hydrogen-bond donors (Lipinski definition) is 2. The minimum Gasteiger partial charge on any atom is -0.381 e. The first-order valence-electron chi connectivity index (χ1n) is 11.7. The summed E-state index contributed by atoms with van der Waals surface area (Å²) in [6.45, 7) is 8.89. The smallest absolute Gasteiger partial charge is 0.191 e. The fraction of sp³-hybridized carbons (Fsp3) is 0.708. The number of ether oxygens (including phenoxy) is 2. The molecule has 6 nitrogen and oxygen atoms in total. The molecular formula is C24H40N4O2. The summed E-state index contributed by atoms with van der Waals surface area (Å²) < 4.78 is 11.2. The van der Waals surface area contributed by atoms with Gasteiger partial charge in [-0.2, -0.15) is 0 Å². The molecule has 1 aromatic carbocycles.